The summed E-state index contributed by atoms with van der Waals surface area (Å²) < 4.78 is 6.01. The second-order valence-electron chi connectivity index (χ2n) is 4.51. The van der Waals surface area contributed by atoms with Gasteiger partial charge in [-0.2, -0.15) is 0 Å². The molecule has 0 radical (unpaired) electrons. The van der Waals surface area contributed by atoms with E-state index in [1.54, 1.807) is 19.2 Å². The lowest BCUT2D eigenvalue weighted by atomic mass is 10.1. The van der Waals surface area contributed by atoms with Gasteiger partial charge in [-0.15, -0.1) is 0 Å². The molecule has 5 heteroatoms. The average molecular weight is 361 g/mol. The Kier molecular flexibility index (Phi) is 4.45. The first-order valence-corrected chi connectivity index (χ1v) is 7.00. The van der Waals surface area contributed by atoms with Gasteiger partial charge in [-0.3, -0.25) is 4.79 Å². The van der Waals surface area contributed by atoms with E-state index in [2.05, 4.69) is 5.32 Å². The molecule has 0 heterocycles. The monoisotopic (exact) mass is 361 g/mol. The number of phenolic OH excluding ortho intramolecular Hbond substituents is 1. The van der Waals surface area contributed by atoms with E-state index in [4.69, 9.17) is 4.74 Å². The van der Waals surface area contributed by atoms with E-state index in [1.807, 2.05) is 22.6 Å². The van der Waals surface area contributed by atoms with Crippen molar-refractivity contribution < 1.29 is 14.6 Å². The van der Waals surface area contributed by atoms with Crippen LogP contribution in [-0.4, -0.2) is 30.3 Å². The number of phenols is 1. The first-order chi connectivity index (χ1) is 8.60. The smallest absolute Gasteiger partial charge is 0.251 e. The third-order valence-corrected chi connectivity index (χ3v) is 4.17. The lowest BCUT2D eigenvalue weighted by Crippen LogP contribution is -2.33. The molecule has 2 unspecified atom stereocenters. The van der Waals surface area contributed by atoms with Gasteiger partial charge in [0.25, 0.3) is 5.91 Å². The molecule has 0 aliphatic heterocycles. The van der Waals surface area contributed by atoms with Gasteiger partial charge in [-0.1, -0.05) is 0 Å². The molecule has 1 aromatic carbocycles. The highest BCUT2D eigenvalue weighted by Gasteiger charge is 2.25. The molecule has 1 aliphatic rings. The number of carbonyl (C=O) groups excluding carboxylic acids is 1. The van der Waals surface area contributed by atoms with E-state index < -0.39 is 0 Å². The fourth-order valence-corrected chi connectivity index (χ4v) is 2.54. The third-order valence-electron chi connectivity index (χ3n) is 3.26. The fourth-order valence-electron chi connectivity index (χ4n) is 2.21. The van der Waals surface area contributed by atoms with Crippen molar-refractivity contribution in [2.75, 3.05) is 7.11 Å². The summed E-state index contributed by atoms with van der Waals surface area (Å²) in [6.07, 6.45) is 3.04. The van der Waals surface area contributed by atoms with E-state index in [1.165, 1.54) is 6.07 Å². The zero-order valence-electron chi connectivity index (χ0n) is 10.1. The van der Waals surface area contributed by atoms with Crippen molar-refractivity contribution >= 4 is 28.5 Å². The minimum Gasteiger partial charge on any atom is -0.507 e. The van der Waals surface area contributed by atoms with Crippen molar-refractivity contribution in [1.29, 1.82) is 0 Å². The Morgan fingerprint density at radius 1 is 1.50 bits per heavy atom. The third kappa shape index (κ3) is 3.14. The molecule has 1 fully saturated rings. The summed E-state index contributed by atoms with van der Waals surface area (Å²) in [6, 6.07) is 5.13. The Hall–Kier alpha value is -0.820. The maximum atomic E-state index is 12.0. The van der Waals surface area contributed by atoms with Gasteiger partial charge in [0.15, 0.2) is 0 Å². The number of halogens is 1. The molecule has 0 aromatic heterocycles. The van der Waals surface area contributed by atoms with Crippen LogP contribution in [0.4, 0.5) is 0 Å². The second kappa shape index (κ2) is 5.88. The summed E-state index contributed by atoms with van der Waals surface area (Å²) in [5.41, 5.74) is 0.494. The lowest BCUT2D eigenvalue weighted by Gasteiger charge is -2.13. The van der Waals surface area contributed by atoms with Crippen LogP contribution in [0.25, 0.3) is 0 Å². The molecule has 2 rings (SSSR count). The molecule has 2 N–H and O–H groups in total. The van der Waals surface area contributed by atoms with Gasteiger partial charge >= 0.3 is 0 Å². The van der Waals surface area contributed by atoms with Crippen LogP contribution in [0.5, 0.6) is 5.75 Å². The Morgan fingerprint density at radius 3 is 2.89 bits per heavy atom. The summed E-state index contributed by atoms with van der Waals surface area (Å²) in [7, 11) is 1.70. The summed E-state index contributed by atoms with van der Waals surface area (Å²) >= 11 is 2.02. The first-order valence-electron chi connectivity index (χ1n) is 5.92. The van der Waals surface area contributed by atoms with E-state index in [0.717, 1.165) is 22.8 Å². The Bertz CT molecular complexity index is 450. The highest BCUT2D eigenvalue weighted by atomic mass is 127. The highest BCUT2D eigenvalue weighted by molar-refractivity contribution is 14.1. The fraction of sp³-hybridized carbons (Fsp3) is 0.462. The van der Waals surface area contributed by atoms with Crippen LogP contribution in [0, 0.1) is 3.57 Å². The number of aromatic hydroxyl groups is 1. The van der Waals surface area contributed by atoms with Crippen molar-refractivity contribution in [3.63, 3.8) is 0 Å². The predicted octanol–water partition coefficient (Wildman–Crippen LogP) is 2.29. The van der Waals surface area contributed by atoms with Crippen molar-refractivity contribution in [2.24, 2.45) is 0 Å². The van der Waals surface area contributed by atoms with Crippen LogP contribution in [0.15, 0.2) is 18.2 Å². The minimum absolute atomic E-state index is 0.136. The molecule has 4 nitrogen and oxygen atoms in total. The van der Waals surface area contributed by atoms with Crippen LogP contribution in [0.1, 0.15) is 29.6 Å². The topological polar surface area (TPSA) is 58.6 Å². The largest absolute Gasteiger partial charge is 0.507 e. The lowest BCUT2D eigenvalue weighted by molar-refractivity contribution is 0.0914. The van der Waals surface area contributed by atoms with Crippen LogP contribution < -0.4 is 5.32 Å². The number of methoxy groups -OCH3 is 1. The number of nitrogens with one attached hydrogen (secondary N) is 1. The number of rotatable bonds is 3. The van der Waals surface area contributed by atoms with E-state index >= 15 is 0 Å². The first kappa shape index (κ1) is 13.6. The number of benzene rings is 1. The standard InChI is InChI=1S/C13H16INO3/c1-18-10-4-3-9(7-10)15-13(17)8-2-5-11(14)12(16)6-8/h2,5-6,9-10,16H,3-4,7H2,1H3,(H,15,17). The molecule has 18 heavy (non-hydrogen) atoms. The zero-order chi connectivity index (χ0) is 13.1. The van der Waals surface area contributed by atoms with Gasteiger partial charge in [0, 0.05) is 18.7 Å². The Morgan fingerprint density at radius 2 is 2.28 bits per heavy atom. The van der Waals surface area contributed by atoms with Crippen molar-refractivity contribution in [1.82, 2.24) is 5.32 Å². The van der Waals surface area contributed by atoms with Gasteiger partial charge in [0.2, 0.25) is 0 Å². The predicted molar refractivity (Wildman–Crippen MR) is 76.7 cm³/mol. The van der Waals surface area contributed by atoms with E-state index in [9.17, 15) is 9.90 Å². The molecular weight excluding hydrogens is 345 g/mol. The van der Waals surface area contributed by atoms with Gasteiger partial charge in [-0.05, 0) is 60.1 Å². The molecular formula is C13H16INO3. The average Bonchev–Trinajstić information content (AvgIpc) is 2.80. The SMILES string of the molecule is COC1CCC(NC(=O)c2ccc(I)c(O)c2)C1. The molecule has 2 atom stereocenters. The minimum atomic E-state index is -0.136. The molecule has 1 saturated carbocycles. The number of carbonyl (C=O) groups is 1. The Labute approximate surface area is 120 Å². The van der Waals surface area contributed by atoms with E-state index in [-0.39, 0.29) is 23.8 Å². The molecule has 1 aliphatic carbocycles. The number of amides is 1. The van der Waals surface area contributed by atoms with Gasteiger partial charge < -0.3 is 15.2 Å². The van der Waals surface area contributed by atoms with Crippen LogP contribution >= 0.6 is 22.6 Å². The van der Waals surface area contributed by atoms with Crippen LogP contribution in [0.3, 0.4) is 0 Å². The maximum absolute atomic E-state index is 12.0. The van der Waals surface area contributed by atoms with Crippen molar-refractivity contribution in [2.45, 2.75) is 31.4 Å². The number of hydrogen-bond acceptors (Lipinski definition) is 3. The summed E-state index contributed by atoms with van der Waals surface area (Å²) in [4.78, 5) is 12.0. The number of ether oxygens (including phenoxy) is 1. The van der Waals surface area contributed by atoms with Crippen molar-refractivity contribution in [3.05, 3.63) is 27.3 Å². The highest BCUT2D eigenvalue weighted by Crippen LogP contribution is 2.23. The quantitative estimate of drug-likeness (QED) is 0.813. The maximum Gasteiger partial charge on any atom is 0.251 e. The molecule has 0 spiro atoms. The summed E-state index contributed by atoms with van der Waals surface area (Å²) in [5, 5.41) is 12.6. The van der Waals surface area contributed by atoms with Gasteiger partial charge in [0.1, 0.15) is 5.75 Å². The van der Waals surface area contributed by atoms with E-state index in [0.29, 0.717) is 5.56 Å². The molecule has 98 valence electrons. The normalized spacial score (nSPS) is 23.0. The van der Waals surface area contributed by atoms with Crippen LogP contribution in [-0.2, 0) is 4.74 Å². The zero-order valence-corrected chi connectivity index (χ0v) is 12.3. The molecule has 1 aromatic rings. The van der Waals surface area contributed by atoms with Crippen molar-refractivity contribution in [3.8, 4) is 5.75 Å². The molecule has 1 amide bonds. The summed E-state index contributed by atoms with van der Waals surface area (Å²) in [5.74, 6) is 0.00731. The van der Waals surface area contributed by atoms with Gasteiger partial charge in [-0.25, -0.2) is 0 Å². The van der Waals surface area contributed by atoms with Crippen LogP contribution in [0.2, 0.25) is 0 Å². The number of hydrogen-bond donors (Lipinski definition) is 2. The molecule has 0 bridgehead atoms. The summed E-state index contributed by atoms with van der Waals surface area (Å²) in [6.45, 7) is 0. The molecule has 0 saturated heterocycles. The van der Waals surface area contributed by atoms with Gasteiger partial charge in [0.05, 0.1) is 9.67 Å². The Balaban J connectivity index is 1.97. The second-order valence-corrected chi connectivity index (χ2v) is 5.67.